The maximum atomic E-state index is 13.0. The van der Waals surface area contributed by atoms with Crippen LogP contribution < -0.4 is 0 Å². The van der Waals surface area contributed by atoms with Gasteiger partial charge in [0.25, 0.3) is 0 Å². The van der Waals surface area contributed by atoms with Crippen molar-refractivity contribution in [2.45, 2.75) is 50.1 Å². The molecule has 0 spiro atoms. The van der Waals surface area contributed by atoms with Crippen LogP contribution in [0.3, 0.4) is 0 Å². The van der Waals surface area contributed by atoms with Crippen molar-refractivity contribution in [1.29, 1.82) is 0 Å². The molecule has 0 bridgehead atoms. The molecule has 0 amide bonds. The van der Waals surface area contributed by atoms with Gasteiger partial charge in [-0.3, -0.25) is 4.79 Å². The molecule has 1 aromatic carbocycles. The van der Waals surface area contributed by atoms with Crippen LogP contribution in [0.25, 0.3) is 0 Å². The summed E-state index contributed by atoms with van der Waals surface area (Å²) in [5.74, 6) is 0. The Morgan fingerprint density at radius 3 is 1.83 bits per heavy atom. The first kappa shape index (κ1) is 18.2. The lowest BCUT2D eigenvalue weighted by Gasteiger charge is -2.23. The van der Waals surface area contributed by atoms with E-state index in [-0.39, 0.29) is 5.66 Å². The standard InChI is InChI=1S/C15H15F6OP/c16-14(17,18)10-7-4-8-11(15(19,20)21)12(10)13(22)23-9-5-2-1-3-6-9/h4,7-9,23H,1-3,5-6H2. The summed E-state index contributed by atoms with van der Waals surface area (Å²) >= 11 is 0. The summed E-state index contributed by atoms with van der Waals surface area (Å²) < 4.78 is 78.2. The van der Waals surface area contributed by atoms with Crippen molar-refractivity contribution in [2.24, 2.45) is 0 Å². The van der Waals surface area contributed by atoms with Gasteiger partial charge in [-0.15, -0.1) is 0 Å². The number of rotatable bonds is 3. The molecular formula is C15H15F6OP. The van der Waals surface area contributed by atoms with Crippen LogP contribution in [0.15, 0.2) is 18.2 Å². The topological polar surface area (TPSA) is 17.1 Å². The van der Waals surface area contributed by atoms with E-state index in [9.17, 15) is 31.1 Å². The first-order valence-electron chi connectivity index (χ1n) is 7.19. The maximum absolute atomic E-state index is 13.0. The summed E-state index contributed by atoms with van der Waals surface area (Å²) in [5, 5.41) is 0. The summed E-state index contributed by atoms with van der Waals surface area (Å²) in [6, 6.07) is 1.76. The summed E-state index contributed by atoms with van der Waals surface area (Å²) in [6.07, 6.45) is -5.93. The van der Waals surface area contributed by atoms with Crippen molar-refractivity contribution < 1.29 is 31.1 Å². The molecule has 0 radical (unpaired) electrons. The first-order chi connectivity index (χ1) is 10.6. The summed E-state index contributed by atoms with van der Waals surface area (Å²) in [5.41, 5.74) is -5.38. The zero-order valence-corrected chi connectivity index (χ0v) is 13.0. The van der Waals surface area contributed by atoms with Gasteiger partial charge in [0.2, 0.25) is 0 Å². The monoisotopic (exact) mass is 356 g/mol. The molecule has 1 aliphatic rings. The third-order valence-corrected chi connectivity index (χ3v) is 5.34. The Bertz CT molecular complexity index is 540. The Labute approximate surface area is 131 Å². The summed E-state index contributed by atoms with van der Waals surface area (Å²) in [4.78, 5) is 12.3. The van der Waals surface area contributed by atoms with Gasteiger partial charge in [0, 0.05) is 5.56 Å². The van der Waals surface area contributed by atoms with Gasteiger partial charge in [-0.1, -0.05) is 25.3 Å². The molecule has 8 heteroatoms. The molecule has 2 rings (SSSR count). The molecule has 1 aromatic rings. The van der Waals surface area contributed by atoms with Crippen LogP contribution in [0.2, 0.25) is 0 Å². The van der Waals surface area contributed by atoms with Gasteiger partial charge in [0.15, 0.2) is 5.52 Å². The number of carbonyl (C=O) groups excluding carboxylic acids is 1. The lowest BCUT2D eigenvalue weighted by atomic mass is 10.0. The van der Waals surface area contributed by atoms with Crippen LogP contribution in [0.4, 0.5) is 26.3 Å². The van der Waals surface area contributed by atoms with E-state index in [1.807, 2.05) is 0 Å². The van der Waals surface area contributed by atoms with E-state index in [0.717, 1.165) is 19.3 Å². The number of hydrogen-bond donors (Lipinski definition) is 0. The zero-order chi connectivity index (χ0) is 17.3. The quantitative estimate of drug-likeness (QED) is 0.489. The van der Waals surface area contributed by atoms with Crippen LogP contribution in [0.1, 0.15) is 53.6 Å². The van der Waals surface area contributed by atoms with Crippen molar-refractivity contribution in [2.75, 3.05) is 0 Å². The first-order valence-corrected chi connectivity index (χ1v) is 8.26. The van der Waals surface area contributed by atoms with Crippen molar-refractivity contribution in [3.05, 3.63) is 34.9 Å². The second-order valence-corrected chi connectivity index (χ2v) is 7.09. The predicted molar refractivity (Wildman–Crippen MR) is 76.0 cm³/mol. The van der Waals surface area contributed by atoms with Crippen LogP contribution in [-0.4, -0.2) is 11.2 Å². The SMILES string of the molecule is O=C(PC1CCCCC1)c1c(C(F)(F)F)cccc1C(F)(F)F. The third kappa shape index (κ3) is 4.46. The van der Waals surface area contributed by atoms with Crippen molar-refractivity contribution in [3.63, 3.8) is 0 Å². The fraction of sp³-hybridized carbons (Fsp3) is 0.533. The van der Waals surface area contributed by atoms with Gasteiger partial charge < -0.3 is 0 Å². The minimum atomic E-state index is -5.00. The zero-order valence-electron chi connectivity index (χ0n) is 12.0. The van der Waals surface area contributed by atoms with E-state index in [0.29, 0.717) is 31.0 Å². The molecule has 1 nitrogen and oxygen atoms in total. The number of halogens is 6. The average Bonchev–Trinajstić information content (AvgIpc) is 2.45. The molecule has 1 unspecified atom stereocenters. The fourth-order valence-corrected chi connectivity index (χ4v) is 4.26. The smallest absolute Gasteiger partial charge is 0.289 e. The minimum Gasteiger partial charge on any atom is -0.289 e. The third-order valence-electron chi connectivity index (χ3n) is 3.84. The number of alkyl halides is 6. The Kier molecular flexibility index (Phi) is 5.39. The van der Waals surface area contributed by atoms with E-state index < -0.39 is 43.1 Å². The highest BCUT2D eigenvalue weighted by Crippen LogP contribution is 2.44. The Morgan fingerprint density at radius 2 is 1.39 bits per heavy atom. The van der Waals surface area contributed by atoms with Crippen molar-refractivity contribution in [1.82, 2.24) is 0 Å². The van der Waals surface area contributed by atoms with E-state index >= 15 is 0 Å². The second kappa shape index (κ2) is 6.80. The normalized spacial score (nSPS) is 17.8. The lowest BCUT2D eigenvalue weighted by molar-refractivity contribution is -0.143. The number of carbonyl (C=O) groups is 1. The van der Waals surface area contributed by atoms with Crippen LogP contribution >= 0.6 is 8.58 Å². The number of benzene rings is 1. The van der Waals surface area contributed by atoms with E-state index in [1.54, 1.807) is 0 Å². The molecule has 0 N–H and O–H groups in total. The molecule has 1 aliphatic carbocycles. The van der Waals surface area contributed by atoms with E-state index in [2.05, 4.69) is 0 Å². The van der Waals surface area contributed by atoms with Gasteiger partial charge in [-0.2, -0.15) is 26.3 Å². The highest BCUT2D eigenvalue weighted by molar-refractivity contribution is 7.59. The Morgan fingerprint density at radius 1 is 0.913 bits per heavy atom. The molecule has 23 heavy (non-hydrogen) atoms. The molecule has 0 aliphatic heterocycles. The summed E-state index contributed by atoms with van der Waals surface area (Å²) in [6.45, 7) is 0. The Hall–Kier alpha value is -1.10. The van der Waals surface area contributed by atoms with Crippen LogP contribution in [0.5, 0.6) is 0 Å². The van der Waals surface area contributed by atoms with Crippen molar-refractivity contribution in [3.8, 4) is 0 Å². The Balaban J connectivity index is 2.42. The molecule has 0 heterocycles. The molecular weight excluding hydrogens is 341 g/mol. The second-order valence-electron chi connectivity index (χ2n) is 5.53. The van der Waals surface area contributed by atoms with Gasteiger partial charge in [0.05, 0.1) is 11.1 Å². The molecule has 1 fully saturated rings. The highest BCUT2D eigenvalue weighted by Gasteiger charge is 2.42. The molecule has 1 atom stereocenters. The highest BCUT2D eigenvalue weighted by atomic mass is 31.1. The average molecular weight is 356 g/mol. The molecule has 128 valence electrons. The number of hydrogen-bond acceptors (Lipinski definition) is 1. The van der Waals surface area contributed by atoms with Crippen molar-refractivity contribution >= 4 is 14.1 Å². The van der Waals surface area contributed by atoms with Gasteiger partial charge in [-0.05, 0) is 39.2 Å². The van der Waals surface area contributed by atoms with Gasteiger partial charge in [0.1, 0.15) is 0 Å². The predicted octanol–water partition coefficient (Wildman–Crippen LogP) is 5.88. The lowest BCUT2D eigenvalue weighted by Crippen LogP contribution is -2.20. The van der Waals surface area contributed by atoms with Crippen LogP contribution in [0, 0.1) is 0 Å². The van der Waals surface area contributed by atoms with E-state index in [4.69, 9.17) is 0 Å². The fourth-order valence-electron chi connectivity index (χ4n) is 2.77. The van der Waals surface area contributed by atoms with Gasteiger partial charge in [-0.25, -0.2) is 0 Å². The summed E-state index contributed by atoms with van der Waals surface area (Å²) in [7, 11) is -0.555. The maximum Gasteiger partial charge on any atom is 0.417 e. The van der Waals surface area contributed by atoms with Crippen LogP contribution in [-0.2, 0) is 12.4 Å². The minimum absolute atomic E-state index is 0.112. The molecule has 1 saturated carbocycles. The van der Waals surface area contributed by atoms with Gasteiger partial charge >= 0.3 is 12.4 Å². The molecule has 0 saturated heterocycles. The molecule has 0 aromatic heterocycles. The largest absolute Gasteiger partial charge is 0.417 e. The van der Waals surface area contributed by atoms with E-state index in [1.165, 1.54) is 0 Å².